The first-order valence-electron chi connectivity index (χ1n) is 6.41. The third-order valence-corrected chi connectivity index (χ3v) is 4.06. The van der Waals surface area contributed by atoms with Crippen molar-refractivity contribution in [3.8, 4) is 0 Å². The van der Waals surface area contributed by atoms with E-state index in [1.54, 1.807) is 0 Å². The van der Waals surface area contributed by atoms with Crippen LogP contribution in [0.25, 0.3) is 0 Å². The molecule has 1 aliphatic carbocycles. The van der Waals surface area contributed by atoms with Crippen molar-refractivity contribution in [1.82, 2.24) is 0 Å². The van der Waals surface area contributed by atoms with Crippen molar-refractivity contribution in [2.24, 2.45) is 11.3 Å². The molecule has 1 aromatic carbocycles. The molecule has 0 aliphatic heterocycles. The quantitative estimate of drug-likeness (QED) is 0.585. The van der Waals surface area contributed by atoms with E-state index in [9.17, 15) is 4.79 Å². The van der Waals surface area contributed by atoms with Crippen molar-refractivity contribution in [1.29, 1.82) is 0 Å². The van der Waals surface area contributed by atoms with E-state index in [0.717, 1.165) is 6.42 Å². The number of hydrogen-bond donors (Lipinski definition) is 0. The maximum Gasteiger partial charge on any atom is 0.330 e. The van der Waals surface area contributed by atoms with Gasteiger partial charge in [0, 0.05) is 11.5 Å². The molecule has 1 saturated carbocycles. The van der Waals surface area contributed by atoms with E-state index < -0.39 is 0 Å². The molecular formula is C16H20O2. The van der Waals surface area contributed by atoms with Crippen LogP contribution in [0.3, 0.4) is 0 Å². The highest BCUT2D eigenvalue weighted by Gasteiger charge is 2.53. The summed E-state index contributed by atoms with van der Waals surface area (Å²) in [4.78, 5) is 11.1. The molecule has 1 aliphatic rings. The van der Waals surface area contributed by atoms with Crippen molar-refractivity contribution in [2.45, 2.75) is 26.2 Å². The molecule has 1 fully saturated rings. The number of benzene rings is 1. The Morgan fingerprint density at radius 3 is 2.83 bits per heavy atom. The molecule has 2 heteroatoms. The second-order valence-electron chi connectivity index (χ2n) is 5.48. The number of carbonyl (C=O) groups is 1. The largest absolute Gasteiger partial charge is 0.462 e. The van der Waals surface area contributed by atoms with Crippen molar-refractivity contribution in [2.75, 3.05) is 6.61 Å². The molecule has 0 bridgehead atoms. The smallest absolute Gasteiger partial charge is 0.330 e. The van der Waals surface area contributed by atoms with Crippen LogP contribution in [0.5, 0.6) is 0 Å². The summed E-state index contributed by atoms with van der Waals surface area (Å²) in [6, 6.07) is 10.5. The second-order valence-corrected chi connectivity index (χ2v) is 5.48. The van der Waals surface area contributed by atoms with Crippen LogP contribution in [0.1, 0.15) is 31.7 Å². The molecule has 0 radical (unpaired) electrons. The van der Waals surface area contributed by atoms with Crippen LogP contribution in [0.4, 0.5) is 0 Å². The fourth-order valence-electron chi connectivity index (χ4n) is 2.67. The van der Waals surface area contributed by atoms with Crippen molar-refractivity contribution >= 4 is 5.97 Å². The van der Waals surface area contributed by atoms with Gasteiger partial charge in [0.1, 0.15) is 0 Å². The fourth-order valence-corrected chi connectivity index (χ4v) is 2.67. The zero-order valence-corrected chi connectivity index (χ0v) is 11.1. The average Bonchev–Trinajstić information content (AvgIpc) is 3.09. The summed E-state index contributed by atoms with van der Waals surface area (Å²) in [7, 11) is 0. The van der Waals surface area contributed by atoms with Crippen LogP contribution in [-0.4, -0.2) is 12.6 Å². The van der Waals surface area contributed by atoms with E-state index in [1.807, 2.05) is 6.07 Å². The molecule has 1 aromatic rings. The van der Waals surface area contributed by atoms with E-state index in [2.05, 4.69) is 44.7 Å². The molecule has 96 valence electrons. The third-order valence-electron chi connectivity index (χ3n) is 4.06. The molecular weight excluding hydrogens is 224 g/mol. The summed E-state index contributed by atoms with van der Waals surface area (Å²) in [6.07, 6.45) is 2.34. The van der Waals surface area contributed by atoms with Crippen molar-refractivity contribution < 1.29 is 9.53 Å². The first kappa shape index (κ1) is 12.9. The molecule has 18 heavy (non-hydrogen) atoms. The van der Waals surface area contributed by atoms with Gasteiger partial charge >= 0.3 is 5.97 Å². The minimum Gasteiger partial charge on any atom is -0.462 e. The lowest BCUT2D eigenvalue weighted by Crippen LogP contribution is -2.14. The molecule has 0 unspecified atom stereocenters. The lowest BCUT2D eigenvalue weighted by molar-refractivity contribution is -0.139. The normalized spacial score (nSPS) is 27.3. The summed E-state index contributed by atoms with van der Waals surface area (Å²) < 4.78 is 5.18. The van der Waals surface area contributed by atoms with Gasteiger partial charge in [0.15, 0.2) is 0 Å². The molecule has 0 N–H and O–H groups in total. The first-order valence-corrected chi connectivity index (χ1v) is 6.41. The van der Waals surface area contributed by atoms with Gasteiger partial charge in [-0.25, -0.2) is 4.79 Å². The highest BCUT2D eigenvalue weighted by atomic mass is 16.5. The first-order chi connectivity index (χ1) is 8.57. The Morgan fingerprint density at radius 2 is 2.22 bits per heavy atom. The molecule has 3 atom stereocenters. The van der Waals surface area contributed by atoms with Crippen LogP contribution >= 0.6 is 0 Å². The maximum absolute atomic E-state index is 11.1. The Balaban J connectivity index is 1.93. The minimum absolute atomic E-state index is 0.133. The van der Waals surface area contributed by atoms with E-state index in [1.165, 1.54) is 11.6 Å². The number of rotatable bonds is 5. The average molecular weight is 244 g/mol. The van der Waals surface area contributed by atoms with Gasteiger partial charge < -0.3 is 4.74 Å². The van der Waals surface area contributed by atoms with E-state index in [4.69, 9.17) is 4.74 Å². The summed E-state index contributed by atoms with van der Waals surface area (Å²) in [6.45, 7) is 8.35. The SMILES string of the molecule is C=CC(=O)OC[C@]1(C)C[C@H]1[C@H](C)c1ccccc1. The summed E-state index contributed by atoms with van der Waals surface area (Å²) in [5.74, 6) is 0.783. The van der Waals surface area contributed by atoms with Gasteiger partial charge in [-0.3, -0.25) is 0 Å². The second kappa shape index (κ2) is 4.97. The predicted molar refractivity (Wildman–Crippen MR) is 72.2 cm³/mol. The molecule has 0 heterocycles. The van der Waals surface area contributed by atoms with Gasteiger partial charge in [0.25, 0.3) is 0 Å². The van der Waals surface area contributed by atoms with E-state index >= 15 is 0 Å². The van der Waals surface area contributed by atoms with Gasteiger partial charge in [-0.2, -0.15) is 0 Å². The molecule has 0 saturated heterocycles. The summed E-state index contributed by atoms with van der Waals surface area (Å²) >= 11 is 0. The Bertz CT molecular complexity index is 438. The zero-order valence-electron chi connectivity index (χ0n) is 11.1. The van der Waals surface area contributed by atoms with Gasteiger partial charge in [-0.15, -0.1) is 0 Å². The van der Waals surface area contributed by atoms with Crippen LogP contribution in [0.15, 0.2) is 43.0 Å². The number of ether oxygens (including phenoxy) is 1. The topological polar surface area (TPSA) is 26.3 Å². The standard InChI is InChI=1S/C16H20O2/c1-4-15(17)18-11-16(3)10-14(16)12(2)13-8-6-5-7-9-13/h4-9,12,14H,1,10-11H2,2-3H3/t12-,14+,16+/m1/s1. The fraction of sp³-hybridized carbons (Fsp3) is 0.438. The third kappa shape index (κ3) is 2.63. The highest BCUT2D eigenvalue weighted by molar-refractivity contribution is 5.81. The van der Waals surface area contributed by atoms with Crippen molar-refractivity contribution in [3.63, 3.8) is 0 Å². The van der Waals surface area contributed by atoms with Crippen LogP contribution in [0.2, 0.25) is 0 Å². The van der Waals surface area contributed by atoms with Crippen LogP contribution in [0, 0.1) is 11.3 Å². The van der Waals surface area contributed by atoms with Gasteiger partial charge in [-0.1, -0.05) is 50.8 Å². The Kier molecular flexibility index (Phi) is 3.55. The summed E-state index contributed by atoms with van der Waals surface area (Å²) in [5.41, 5.74) is 1.50. The number of carbonyl (C=O) groups excluding carboxylic acids is 1. The van der Waals surface area contributed by atoms with Crippen LogP contribution in [-0.2, 0) is 9.53 Å². The van der Waals surface area contributed by atoms with Crippen molar-refractivity contribution in [3.05, 3.63) is 48.6 Å². The molecule has 2 rings (SSSR count). The van der Waals surface area contributed by atoms with Gasteiger partial charge in [0.05, 0.1) is 6.61 Å². The highest BCUT2D eigenvalue weighted by Crippen LogP contribution is 2.58. The molecule has 0 amide bonds. The number of esters is 1. The monoisotopic (exact) mass is 244 g/mol. The lowest BCUT2D eigenvalue weighted by atomic mass is 9.91. The Labute approximate surface area is 109 Å². The van der Waals surface area contributed by atoms with E-state index in [0.29, 0.717) is 18.4 Å². The van der Waals surface area contributed by atoms with Gasteiger partial charge in [0.2, 0.25) is 0 Å². The zero-order chi connectivity index (χ0) is 13.2. The Morgan fingerprint density at radius 1 is 1.56 bits per heavy atom. The summed E-state index contributed by atoms with van der Waals surface area (Å²) in [5, 5.41) is 0. The van der Waals surface area contributed by atoms with E-state index in [-0.39, 0.29) is 11.4 Å². The Hall–Kier alpha value is -1.57. The maximum atomic E-state index is 11.1. The molecule has 0 spiro atoms. The molecule has 2 nitrogen and oxygen atoms in total. The number of hydrogen-bond acceptors (Lipinski definition) is 2. The van der Waals surface area contributed by atoms with Crippen LogP contribution < -0.4 is 0 Å². The minimum atomic E-state index is -0.325. The predicted octanol–water partition coefficient (Wildman–Crippen LogP) is 3.55. The molecule has 0 aromatic heterocycles. The van der Waals surface area contributed by atoms with Gasteiger partial charge in [-0.05, 0) is 23.8 Å². The lowest BCUT2D eigenvalue weighted by Gasteiger charge is -2.16.